The fraction of sp³-hybridized carbons (Fsp3) is 0.538. The number of hydrogen-bond acceptors (Lipinski definition) is 1. The monoisotopic (exact) mass is 301 g/mol. The van der Waals surface area contributed by atoms with Gasteiger partial charge in [-0.25, -0.2) is 0 Å². The van der Waals surface area contributed by atoms with Crippen molar-refractivity contribution in [1.29, 1.82) is 0 Å². The number of alkyl halides is 1. The lowest BCUT2D eigenvalue weighted by atomic mass is 9.91. The van der Waals surface area contributed by atoms with Gasteiger partial charge in [-0.3, -0.25) is 4.90 Å². The maximum absolute atomic E-state index is 5.89. The number of rotatable bonds is 5. The van der Waals surface area contributed by atoms with E-state index in [2.05, 4.69) is 33.0 Å². The lowest BCUT2D eigenvalue weighted by Crippen LogP contribution is -2.40. The Labute approximate surface area is 111 Å². The molecule has 0 aliphatic heterocycles. The van der Waals surface area contributed by atoms with Gasteiger partial charge in [-0.2, -0.15) is 0 Å². The predicted octanol–water partition coefficient (Wildman–Crippen LogP) is 4.09. The number of halogens is 2. The molecule has 0 amide bonds. The van der Waals surface area contributed by atoms with Crippen LogP contribution in [0.25, 0.3) is 0 Å². The van der Waals surface area contributed by atoms with E-state index in [1.807, 2.05) is 12.1 Å². The molecule has 0 unspecified atom stereocenters. The van der Waals surface area contributed by atoms with E-state index in [1.165, 1.54) is 24.8 Å². The Hall–Kier alpha value is -0.0500. The molecule has 0 radical (unpaired) electrons. The van der Waals surface area contributed by atoms with Crippen LogP contribution in [0.1, 0.15) is 24.8 Å². The molecule has 1 aromatic rings. The molecule has 3 heteroatoms. The molecule has 1 nitrogen and oxygen atoms in total. The lowest BCUT2D eigenvalue weighted by molar-refractivity contribution is 0.128. The zero-order valence-corrected chi connectivity index (χ0v) is 11.7. The third kappa shape index (κ3) is 3.22. The minimum atomic E-state index is 0.799. The average molecular weight is 303 g/mol. The molecule has 0 bridgehead atoms. The van der Waals surface area contributed by atoms with Crippen LogP contribution in [0.4, 0.5) is 0 Å². The van der Waals surface area contributed by atoms with Crippen LogP contribution >= 0.6 is 27.5 Å². The first-order valence-electron chi connectivity index (χ1n) is 5.84. The SMILES string of the molecule is Clc1ccc(CN(CCBr)C2CCC2)cc1. The summed E-state index contributed by atoms with van der Waals surface area (Å²) in [6.45, 7) is 2.18. The Morgan fingerprint density at radius 3 is 2.44 bits per heavy atom. The summed E-state index contributed by atoms with van der Waals surface area (Å²) in [5, 5.41) is 1.87. The van der Waals surface area contributed by atoms with E-state index in [4.69, 9.17) is 11.6 Å². The van der Waals surface area contributed by atoms with Crippen LogP contribution in [0.2, 0.25) is 5.02 Å². The maximum atomic E-state index is 5.89. The van der Waals surface area contributed by atoms with Crippen molar-refractivity contribution in [3.63, 3.8) is 0 Å². The number of hydrogen-bond donors (Lipinski definition) is 0. The summed E-state index contributed by atoms with van der Waals surface area (Å²) in [7, 11) is 0. The molecule has 0 atom stereocenters. The quantitative estimate of drug-likeness (QED) is 0.741. The lowest BCUT2D eigenvalue weighted by Gasteiger charge is -2.37. The highest BCUT2D eigenvalue weighted by Crippen LogP contribution is 2.26. The molecule has 0 spiro atoms. The Balaban J connectivity index is 1.96. The van der Waals surface area contributed by atoms with Gasteiger partial charge in [-0.05, 0) is 30.5 Å². The van der Waals surface area contributed by atoms with E-state index in [9.17, 15) is 0 Å². The summed E-state index contributed by atoms with van der Waals surface area (Å²) in [6.07, 6.45) is 4.12. The molecule has 1 fully saturated rings. The Kier molecular flexibility index (Phi) is 4.68. The summed E-state index contributed by atoms with van der Waals surface area (Å²) in [4.78, 5) is 2.57. The smallest absolute Gasteiger partial charge is 0.0406 e. The zero-order valence-electron chi connectivity index (χ0n) is 9.33. The van der Waals surface area contributed by atoms with Crippen LogP contribution in [0.15, 0.2) is 24.3 Å². The molecule has 16 heavy (non-hydrogen) atoms. The van der Waals surface area contributed by atoms with Crippen LogP contribution in [0.3, 0.4) is 0 Å². The van der Waals surface area contributed by atoms with Gasteiger partial charge >= 0.3 is 0 Å². The van der Waals surface area contributed by atoms with Gasteiger partial charge in [0.15, 0.2) is 0 Å². The summed E-state index contributed by atoms with van der Waals surface area (Å²) in [5.41, 5.74) is 1.36. The summed E-state index contributed by atoms with van der Waals surface area (Å²) < 4.78 is 0. The maximum Gasteiger partial charge on any atom is 0.0406 e. The van der Waals surface area contributed by atoms with Crippen LogP contribution in [-0.2, 0) is 6.54 Å². The van der Waals surface area contributed by atoms with E-state index < -0.39 is 0 Å². The van der Waals surface area contributed by atoms with Crippen molar-refractivity contribution < 1.29 is 0 Å². The van der Waals surface area contributed by atoms with Gasteiger partial charge in [0.25, 0.3) is 0 Å². The second kappa shape index (κ2) is 6.04. The molecule has 2 rings (SSSR count). The van der Waals surface area contributed by atoms with Crippen LogP contribution < -0.4 is 0 Å². The Morgan fingerprint density at radius 2 is 1.94 bits per heavy atom. The molecule has 0 N–H and O–H groups in total. The second-order valence-corrected chi connectivity index (χ2v) is 5.60. The number of benzene rings is 1. The summed E-state index contributed by atoms with van der Waals surface area (Å²) in [5.74, 6) is 0. The first-order chi connectivity index (χ1) is 7.79. The topological polar surface area (TPSA) is 3.24 Å². The van der Waals surface area contributed by atoms with E-state index in [1.54, 1.807) is 0 Å². The van der Waals surface area contributed by atoms with Crippen molar-refractivity contribution in [2.75, 3.05) is 11.9 Å². The van der Waals surface area contributed by atoms with Crippen LogP contribution in [-0.4, -0.2) is 22.8 Å². The van der Waals surface area contributed by atoms with E-state index >= 15 is 0 Å². The largest absolute Gasteiger partial charge is 0.295 e. The van der Waals surface area contributed by atoms with Crippen molar-refractivity contribution in [2.24, 2.45) is 0 Å². The van der Waals surface area contributed by atoms with Crippen molar-refractivity contribution in [1.82, 2.24) is 4.90 Å². The summed E-state index contributed by atoms with van der Waals surface area (Å²) in [6, 6.07) is 9.01. The van der Waals surface area contributed by atoms with E-state index in [0.29, 0.717) is 0 Å². The van der Waals surface area contributed by atoms with E-state index in [-0.39, 0.29) is 0 Å². The Morgan fingerprint density at radius 1 is 1.25 bits per heavy atom. The molecule has 0 aromatic heterocycles. The first kappa shape index (κ1) is 12.4. The fourth-order valence-electron chi connectivity index (χ4n) is 2.08. The third-order valence-electron chi connectivity index (χ3n) is 3.26. The third-order valence-corrected chi connectivity index (χ3v) is 3.87. The van der Waals surface area contributed by atoms with Crippen molar-refractivity contribution in [3.8, 4) is 0 Å². The Bertz CT molecular complexity index is 321. The molecule has 1 aromatic carbocycles. The molecule has 1 aliphatic rings. The summed E-state index contributed by atoms with van der Waals surface area (Å²) >= 11 is 9.42. The molecule has 1 saturated carbocycles. The average Bonchev–Trinajstić information content (AvgIpc) is 2.19. The van der Waals surface area contributed by atoms with Gasteiger partial charge in [0, 0.05) is 29.5 Å². The highest BCUT2D eigenvalue weighted by Gasteiger charge is 2.24. The van der Waals surface area contributed by atoms with Gasteiger partial charge in [0.1, 0.15) is 0 Å². The highest BCUT2D eigenvalue weighted by atomic mass is 79.9. The molecule has 0 heterocycles. The zero-order chi connectivity index (χ0) is 11.4. The van der Waals surface area contributed by atoms with Crippen molar-refractivity contribution in [2.45, 2.75) is 31.8 Å². The van der Waals surface area contributed by atoms with Gasteiger partial charge in [-0.1, -0.05) is 46.1 Å². The van der Waals surface area contributed by atoms with Gasteiger partial charge in [-0.15, -0.1) is 0 Å². The molecule has 88 valence electrons. The van der Waals surface area contributed by atoms with Crippen LogP contribution in [0.5, 0.6) is 0 Å². The van der Waals surface area contributed by atoms with Gasteiger partial charge in [0.2, 0.25) is 0 Å². The standard InChI is InChI=1S/C13H17BrClN/c14-8-9-16(13-2-1-3-13)10-11-4-6-12(15)7-5-11/h4-7,13H,1-3,8-10H2. The van der Waals surface area contributed by atoms with Crippen LogP contribution in [0, 0.1) is 0 Å². The van der Waals surface area contributed by atoms with Crippen molar-refractivity contribution in [3.05, 3.63) is 34.9 Å². The molecular formula is C13H17BrClN. The molecule has 1 aliphatic carbocycles. The normalized spacial score (nSPS) is 16.4. The fourth-order valence-corrected chi connectivity index (χ4v) is 2.66. The van der Waals surface area contributed by atoms with E-state index in [0.717, 1.165) is 29.5 Å². The second-order valence-electron chi connectivity index (χ2n) is 4.37. The predicted molar refractivity (Wildman–Crippen MR) is 73.3 cm³/mol. The van der Waals surface area contributed by atoms with Crippen molar-refractivity contribution >= 4 is 27.5 Å². The highest BCUT2D eigenvalue weighted by molar-refractivity contribution is 9.09. The molecule has 0 saturated heterocycles. The molecular weight excluding hydrogens is 286 g/mol. The first-order valence-corrected chi connectivity index (χ1v) is 7.34. The number of nitrogens with zero attached hydrogens (tertiary/aromatic N) is 1. The van der Waals surface area contributed by atoms with Gasteiger partial charge < -0.3 is 0 Å². The minimum absolute atomic E-state index is 0.799. The minimum Gasteiger partial charge on any atom is -0.295 e. The van der Waals surface area contributed by atoms with Gasteiger partial charge in [0.05, 0.1) is 0 Å².